The minimum Gasteiger partial charge on any atom is -0.394 e. The summed E-state index contributed by atoms with van der Waals surface area (Å²) in [5.74, 6) is 0. The quantitative estimate of drug-likeness (QED) is 0.639. The maximum atomic E-state index is 11.7. The molecule has 1 unspecified atom stereocenters. The number of ether oxygens (including phenoxy) is 1. The minimum atomic E-state index is -4.15. The molecule has 0 saturated heterocycles. The summed E-state index contributed by atoms with van der Waals surface area (Å²) in [5.41, 5.74) is 5.07. The van der Waals surface area contributed by atoms with Crippen LogP contribution in [-0.2, 0) is 4.74 Å². The van der Waals surface area contributed by atoms with Crippen LogP contribution in [0.2, 0.25) is 0 Å². The Bertz CT molecular complexity index is 183. The zero-order valence-electron chi connectivity index (χ0n) is 9.52. The van der Waals surface area contributed by atoms with Gasteiger partial charge in [0.25, 0.3) is 0 Å². The van der Waals surface area contributed by atoms with Crippen molar-refractivity contribution in [2.45, 2.75) is 44.3 Å². The smallest absolute Gasteiger partial charge is 0.391 e. The highest BCUT2D eigenvalue weighted by molar-refractivity contribution is 4.76. The molecule has 0 aromatic heterocycles. The van der Waals surface area contributed by atoms with Crippen LogP contribution in [0.3, 0.4) is 0 Å². The van der Waals surface area contributed by atoms with Gasteiger partial charge >= 0.3 is 6.18 Å². The van der Waals surface area contributed by atoms with Crippen LogP contribution in [0, 0.1) is 0 Å². The van der Waals surface area contributed by atoms with Gasteiger partial charge in [-0.3, -0.25) is 0 Å². The van der Waals surface area contributed by atoms with Gasteiger partial charge in [0.1, 0.15) is 0 Å². The second kappa shape index (κ2) is 7.09. The number of hydrogen-bond acceptors (Lipinski definition) is 3. The first-order chi connectivity index (χ1) is 7.27. The Morgan fingerprint density at radius 1 is 1.12 bits per heavy atom. The average Bonchev–Trinajstić information content (AvgIpc) is 2.14. The van der Waals surface area contributed by atoms with Gasteiger partial charge in [-0.15, -0.1) is 0 Å². The fourth-order valence-corrected chi connectivity index (χ4v) is 1.10. The molecule has 0 amide bonds. The van der Waals surface area contributed by atoms with Gasteiger partial charge in [-0.05, 0) is 26.2 Å². The van der Waals surface area contributed by atoms with E-state index in [9.17, 15) is 13.2 Å². The molecule has 6 heteroatoms. The predicted octanol–water partition coefficient (Wildman–Crippen LogP) is 1.84. The molecule has 0 radical (unpaired) electrons. The lowest BCUT2D eigenvalue weighted by molar-refractivity contribution is -0.145. The first-order valence-electron chi connectivity index (χ1n) is 5.31. The zero-order valence-corrected chi connectivity index (χ0v) is 9.52. The van der Waals surface area contributed by atoms with Gasteiger partial charge in [0.2, 0.25) is 0 Å². The van der Waals surface area contributed by atoms with Crippen molar-refractivity contribution in [3.63, 3.8) is 0 Å². The molecule has 1 atom stereocenters. The summed E-state index contributed by atoms with van der Waals surface area (Å²) in [6.07, 6.45) is -3.03. The van der Waals surface area contributed by atoms with E-state index in [1.807, 2.05) is 0 Å². The maximum Gasteiger partial charge on any atom is 0.391 e. The lowest BCUT2D eigenvalue weighted by Crippen LogP contribution is -2.39. The molecule has 3 N–H and O–H groups in total. The van der Waals surface area contributed by atoms with Gasteiger partial charge in [-0.1, -0.05) is 0 Å². The van der Waals surface area contributed by atoms with E-state index >= 15 is 0 Å². The molecule has 0 spiro atoms. The molecule has 0 heterocycles. The molecule has 0 aliphatic heterocycles. The van der Waals surface area contributed by atoms with E-state index < -0.39 is 18.1 Å². The van der Waals surface area contributed by atoms with E-state index in [1.165, 1.54) is 0 Å². The van der Waals surface area contributed by atoms with Gasteiger partial charge in [0.15, 0.2) is 0 Å². The summed E-state index contributed by atoms with van der Waals surface area (Å²) in [5, 5.41) is 8.84. The number of rotatable bonds is 8. The van der Waals surface area contributed by atoms with Crippen LogP contribution < -0.4 is 5.73 Å². The van der Waals surface area contributed by atoms with Crippen molar-refractivity contribution >= 4 is 0 Å². The summed E-state index contributed by atoms with van der Waals surface area (Å²) in [7, 11) is 0. The first kappa shape index (κ1) is 15.7. The second-order valence-electron chi connectivity index (χ2n) is 4.25. The van der Waals surface area contributed by atoms with Crippen LogP contribution in [0.15, 0.2) is 0 Å². The molecular formula is C10H20F3NO2. The minimum absolute atomic E-state index is 0.0953. The van der Waals surface area contributed by atoms with Gasteiger partial charge < -0.3 is 15.6 Å². The van der Waals surface area contributed by atoms with Crippen LogP contribution in [0.4, 0.5) is 13.2 Å². The molecule has 16 heavy (non-hydrogen) atoms. The molecule has 98 valence electrons. The molecule has 0 saturated carbocycles. The van der Waals surface area contributed by atoms with Crippen molar-refractivity contribution in [2.24, 2.45) is 5.73 Å². The summed E-state index contributed by atoms with van der Waals surface area (Å²) in [6, 6.07) is 0. The Kier molecular flexibility index (Phi) is 6.94. The SMILES string of the molecule is CC(N)(CO)CCCCOCCC(F)(F)F. The fraction of sp³-hybridized carbons (Fsp3) is 1.00. The average molecular weight is 243 g/mol. The van der Waals surface area contributed by atoms with E-state index in [0.29, 0.717) is 19.4 Å². The van der Waals surface area contributed by atoms with Crippen LogP contribution in [-0.4, -0.2) is 36.6 Å². The number of alkyl halides is 3. The molecule has 0 aromatic carbocycles. The Labute approximate surface area is 93.8 Å². The van der Waals surface area contributed by atoms with E-state index in [-0.39, 0.29) is 13.2 Å². The molecule has 0 aliphatic carbocycles. The number of hydrogen-bond donors (Lipinski definition) is 2. The van der Waals surface area contributed by atoms with Crippen molar-refractivity contribution < 1.29 is 23.0 Å². The van der Waals surface area contributed by atoms with E-state index in [0.717, 1.165) is 6.42 Å². The highest BCUT2D eigenvalue weighted by Crippen LogP contribution is 2.19. The van der Waals surface area contributed by atoms with Crippen LogP contribution >= 0.6 is 0 Å². The maximum absolute atomic E-state index is 11.7. The van der Waals surface area contributed by atoms with Crippen molar-refractivity contribution in [3.05, 3.63) is 0 Å². The first-order valence-corrected chi connectivity index (χ1v) is 5.31. The third kappa shape index (κ3) is 10.2. The molecule has 0 bridgehead atoms. The highest BCUT2D eigenvalue weighted by Gasteiger charge is 2.26. The molecule has 0 aliphatic rings. The Morgan fingerprint density at radius 3 is 2.25 bits per heavy atom. The monoisotopic (exact) mass is 243 g/mol. The van der Waals surface area contributed by atoms with Gasteiger partial charge in [-0.25, -0.2) is 0 Å². The lowest BCUT2D eigenvalue weighted by atomic mass is 9.97. The summed E-state index contributed by atoms with van der Waals surface area (Å²) >= 11 is 0. The molecular weight excluding hydrogens is 223 g/mol. The molecule has 3 nitrogen and oxygen atoms in total. The van der Waals surface area contributed by atoms with Crippen molar-refractivity contribution in [1.29, 1.82) is 0 Å². The number of nitrogens with two attached hydrogens (primary N) is 1. The molecule has 0 fully saturated rings. The van der Waals surface area contributed by atoms with E-state index in [2.05, 4.69) is 0 Å². The van der Waals surface area contributed by atoms with Crippen molar-refractivity contribution in [3.8, 4) is 0 Å². The van der Waals surface area contributed by atoms with E-state index in [4.69, 9.17) is 15.6 Å². The second-order valence-corrected chi connectivity index (χ2v) is 4.25. The normalized spacial score (nSPS) is 16.1. The van der Waals surface area contributed by atoms with Gasteiger partial charge in [-0.2, -0.15) is 13.2 Å². The highest BCUT2D eigenvalue weighted by atomic mass is 19.4. The third-order valence-corrected chi connectivity index (χ3v) is 2.18. The largest absolute Gasteiger partial charge is 0.394 e. The number of aliphatic hydroxyl groups excluding tert-OH is 1. The van der Waals surface area contributed by atoms with Crippen LogP contribution in [0.25, 0.3) is 0 Å². The standard InChI is InChI=1S/C10H20F3NO2/c1-9(14,8-15)4-2-3-6-16-7-5-10(11,12)13/h15H,2-8,14H2,1H3. The summed E-state index contributed by atoms with van der Waals surface area (Å²) < 4.78 is 40.0. The number of unbranched alkanes of at least 4 members (excludes halogenated alkanes) is 1. The molecule has 0 aromatic rings. The topological polar surface area (TPSA) is 55.5 Å². The Morgan fingerprint density at radius 2 is 1.75 bits per heavy atom. The summed E-state index contributed by atoms with van der Waals surface area (Å²) in [4.78, 5) is 0. The van der Waals surface area contributed by atoms with Crippen LogP contribution in [0.1, 0.15) is 32.6 Å². The van der Waals surface area contributed by atoms with Gasteiger partial charge in [0, 0.05) is 12.1 Å². The van der Waals surface area contributed by atoms with E-state index in [1.54, 1.807) is 6.92 Å². The number of halogens is 3. The lowest BCUT2D eigenvalue weighted by Gasteiger charge is -2.21. The third-order valence-electron chi connectivity index (χ3n) is 2.18. The Balaban J connectivity index is 3.29. The number of aliphatic hydroxyl groups is 1. The Hall–Kier alpha value is -0.330. The van der Waals surface area contributed by atoms with Gasteiger partial charge in [0.05, 0.1) is 19.6 Å². The predicted molar refractivity (Wildman–Crippen MR) is 55.0 cm³/mol. The zero-order chi connectivity index (χ0) is 12.7. The molecule has 0 rings (SSSR count). The van der Waals surface area contributed by atoms with Crippen molar-refractivity contribution in [2.75, 3.05) is 19.8 Å². The van der Waals surface area contributed by atoms with Crippen molar-refractivity contribution in [1.82, 2.24) is 0 Å². The van der Waals surface area contributed by atoms with Crippen LogP contribution in [0.5, 0.6) is 0 Å². The fourth-order valence-electron chi connectivity index (χ4n) is 1.10. The summed E-state index contributed by atoms with van der Waals surface area (Å²) in [6.45, 7) is 1.65.